The summed E-state index contributed by atoms with van der Waals surface area (Å²) < 4.78 is 23.6. The number of nitrogens with one attached hydrogen (secondary N) is 1. The Morgan fingerprint density at radius 3 is 2.67 bits per heavy atom. The van der Waals surface area contributed by atoms with E-state index in [1.807, 2.05) is 0 Å². The van der Waals surface area contributed by atoms with E-state index in [1.165, 1.54) is 24.3 Å². The fourth-order valence-electron chi connectivity index (χ4n) is 3.03. The Kier molecular flexibility index (Phi) is 5.62. The number of aromatic nitrogens is 2. The third-order valence-electron chi connectivity index (χ3n) is 4.48. The van der Waals surface area contributed by atoms with Crippen molar-refractivity contribution in [3.63, 3.8) is 0 Å². The molecular formula is C20H16ClFN4O4. The van der Waals surface area contributed by atoms with Crippen LogP contribution in [-0.4, -0.2) is 35.2 Å². The molecule has 1 aromatic heterocycles. The topological polar surface area (TPSA) is 97.6 Å². The van der Waals surface area contributed by atoms with Gasteiger partial charge in [0.05, 0.1) is 5.92 Å². The molecule has 1 unspecified atom stereocenters. The van der Waals surface area contributed by atoms with Crippen molar-refractivity contribution in [1.29, 1.82) is 0 Å². The molecule has 1 fully saturated rings. The molecule has 154 valence electrons. The first kappa shape index (κ1) is 19.8. The van der Waals surface area contributed by atoms with E-state index in [0.29, 0.717) is 17.3 Å². The number of halogens is 2. The first-order valence-corrected chi connectivity index (χ1v) is 9.43. The van der Waals surface area contributed by atoms with E-state index in [1.54, 1.807) is 29.2 Å². The molecule has 2 heterocycles. The second-order valence-electron chi connectivity index (χ2n) is 6.62. The summed E-state index contributed by atoms with van der Waals surface area (Å²) in [5, 5.41) is 10.8. The maximum atomic E-state index is 12.9. The highest BCUT2D eigenvalue weighted by molar-refractivity contribution is 6.30. The van der Waals surface area contributed by atoms with Crippen LogP contribution in [0.5, 0.6) is 5.75 Å². The summed E-state index contributed by atoms with van der Waals surface area (Å²) in [5.74, 6) is -0.662. The van der Waals surface area contributed by atoms with Crippen LogP contribution in [0.3, 0.4) is 0 Å². The summed E-state index contributed by atoms with van der Waals surface area (Å²) in [6.07, 6.45) is 0.214. The Labute approximate surface area is 175 Å². The highest BCUT2D eigenvalue weighted by Crippen LogP contribution is 2.32. The van der Waals surface area contributed by atoms with E-state index in [-0.39, 0.29) is 36.8 Å². The Morgan fingerprint density at radius 2 is 1.93 bits per heavy atom. The number of carbonyl (C=O) groups is 2. The number of ether oxygens (including phenoxy) is 1. The number of anilines is 2. The molecule has 3 aromatic rings. The minimum atomic E-state index is -0.514. The molecule has 30 heavy (non-hydrogen) atoms. The largest absolute Gasteiger partial charge is 0.484 e. The quantitative estimate of drug-likeness (QED) is 0.643. The first-order valence-electron chi connectivity index (χ1n) is 9.05. The highest BCUT2D eigenvalue weighted by Gasteiger charge is 2.35. The molecule has 1 aliphatic heterocycles. The van der Waals surface area contributed by atoms with Gasteiger partial charge in [-0.3, -0.25) is 14.9 Å². The van der Waals surface area contributed by atoms with Gasteiger partial charge in [-0.1, -0.05) is 16.7 Å². The van der Waals surface area contributed by atoms with Crippen LogP contribution in [-0.2, 0) is 9.59 Å². The molecule has 2 amide bonds. The van der Waals surface area contributed by atoms with Crippen LogP contribution in [0.2, 0.25) is 5.02 Å². The third kappa shape index (κ3) is 4.57. The molecule has 2 aromatic carbocycles. The van der Waals surface area contributed by atoms with E-state index < -0.39 is 11.7 Å². The van der Waals surface area contributed by atoms with Gasteiger partial charge in [0.25, 0.3) is 5.91 Å². The summed E-state index contributed by atoms with van der Waals surface area (Å²) in [4.78, 5) is 26.0. The van der Waals surface area contributed by atoms with Crippen molar-refractivity contribution in [2.45, 2.75) is 12.3 Å². The molecule has 0 aliphatic carbocycles. The van der Waals surface area contributed by atoms with Gasteiger partial charge in [-0.25, -0.2) is 4.39 Å². The fraction of sp³-hybridized carbons (Fsp3) is 0.200. The number of amides is 2. The van der Waals surface area contributed by atoms with Crippen molar-refractivity contribution in [3.8, 4) is 5.75 Å². The molecule has 4 rings (SSSR count). The highest BCUT2D eigenvalue weighted by atomic mass is 35.5. The van der Waals surface area contributed by atoms with Crippen molar-refractivity contribution >= 4 is 35.1 Å². The Hall–Kier alpha value is -3.46. The Bertz CT molecular complexity index is 1060. The van der Waals surface area contributed by atoms with Gasteiger partial charge in [0.15, 0.2) is 6.61 Å². The van der Waals surface area contributed by atoms with Crippen LogP contribution in [0.25, 0.3) is 0 Å². The smallest absolute Gasteiger partial charge is 0.322 e. The second kappa shape index (κ2) is 8.50. The van der Waals surface area contributed by atoms with E-state index in [2.05, 4.69) is 15.5 Å². The Balaban J connectivity index is 1.33. The van der Waals surface area contributed by atoms with Crippen molar-refractivity contribution in [2.75, 3.05) is 23.4 Å². The number of hydrogen-bond donors (Lipinski definition) is 1. The molecule has 1 N–H and O–H groups in total. The van der Waals surface area contributed by atoms with Gasteiger partial charge in [-0.15, -0.1) is 5.10 Å². The third-order valence-corrected chi connectivity index (χ3v) is 4.74. The van der Waals surface area contributed by atoms with Crippen LogP contribution in [0, 0.1) is 5.82 Å². The predicted octanol–water partition coefficient (Wildman–Crippen LogP) is 3.40. The summed E-state index contributed by atoms with van der Waals surface area (Å²) >= 11 is 5.89. The zero-order valence-electron chi connectivity index (χ0n) is 15.5. The van der Waals surface area contributed by atoms with E-state index in [0.717, 1.165) is 5.69 Å². The number of benzene rings is 2. The molecule has 0 saturated carbocycles. The van der Waals surface area contributed by atoms with E-state index >= 15 is 0 Å². The normalized spacial score (nSPS) is 16.0. The van der Waals surface area contributed by atoms with E-state index in [4.69, 9.17) is 20.8 Å². The molecule has 1 aliphatic rings. The number of hydrogen-bond acceptors (Lipinski definition) is 6. The lowest BCUT2D eigenvalue weighted by atomic mass is 10.1. The minimum Gasteiger partial charge on any atom is -0.484 e. The predicted molar refractivity (Wildman–Crippen MR) is 106 cm³/mol. The average Bonchev–Trinajstić information content (AvgIpc) is 3.35. The maximum Gasteiger partial charge on any atom is 0.322 e. The van der Waals surface area contributed by atoms with Gasteiger partial charge in [-0.05, 0) is 48.5 Å². The molecule has 0 radical (unpaired) electrons. The van der Waals surface area contributed by atoms with Crippen LogP contribution < -0.4 is 15.0 Å². The second-order valence-corrected chi connectivity index (χ2v) is 7.05. The van der Waals surface area contributed by atoms with Crippen molar-refractivity contribution in [1.82, 2.24) is 10.2 Å². The molecule has 1 saturated heterocycles. The summed E-state index contributed by atoms with van der Waals surface area (Å²) in [6.45, 7) is 0.0688. The van der Waals surface area contributed by atoms with Crippen LogP contribution in [0.1, 0.15) is 18.2 Å². The van der Waals surface area contributed by atoms with Gasteiger partial charge in [0, 0.05) is 23.7 Å². The average molecular weight is 431 g/mol. The molecule has 0 bridgehead atoms. The lowest BCUT2D eigenvalue weighted by Gasteiger charge is -2.16. The van der Waals surface area contributed by atoms with Crippen LogP contribution in [0.15, 0.2) is 52.9 Å². The van der Waals surface area contributed by atoms with Crippen LogP contribution in [0.4, 0.5) is 16.1 Å². The van der Waals surface area contributed by atoms with Gasteiger partial charge in [-0.2, -0.15) is 0 Å². The number of carbonyl (C=O) groups excluding carboxylic acids is 2. The van der Waals surface area contributed by atoms with E-state index in [9.17, 15) is 14.0 Å². The SMILES string of the molecule is O=C(COc1ccc(F)cc1)Nc1nnc(C2CC(=O)N(c3ccc(Cl)cc3)C2)o1. The molecule has 10 heteroatoms. The monoisotopic (exact) mass is 430 g/mol. The zero-order valence-corrected chi connectivity index (χ0v) is 16.3. The summed E-state index contributed by atoms with van der Waals surface area (Å²) in [5.41, 5.74) is 0.734. The Morgan fingerprint density at radius 1 is 1.20 bits per heavy atom. The van der Waals surface area contributed by atoms with Gasteiger partial charge in [0.2, 0.25) is 11.8 Å². The van der Waals surface area contributed by atoms with Gasteiger partial charge in [0.1, 0.15) is 11.6 Å². The minimum absolute atomic E-state index is 0.0706. The number of nitrogens with zero attached hydrogens (tertiary/aromatic N) is 3. The lowest BCUT2D eigenvalue weighted by Crippen LogP contribution is -2.24. The van der Waals surface area contributed by atoms with Crippen molar-refractivity contribution in [2.24, 2.45) is 0 Å². The summed E-state index contributed by atoms with van der Waals surface area (Å²) in [6, 6.07) is 12.2. The maximum absolute atomic E-state index is 12.9. The van der Waals surface area contributed by atoms with Crippen molar-refractivity contribution in [3.05, 3.63) is 65.3 Å². The fourth-order valence-corrected chi connectivity index (χ4v) is 3.15. The number of rotatable bonds is 6. The molecule has 1 atom stereocenters. The molecule has 8 nitrogen and oxygen atoms in total. The first-order chi connectivity index (χ1) is 14.5. The van der Waals surface area contributed by atoms with Crippen molar-refractivity contribution < 1.29 is 23.1 Å². The molecular weight excluding hydrogens is 415 g/mol. The molecule has 0 spiro atoms. The summed E-state index contributed by atoms with van der Waals surface area (Å²) in [7, 11) is 0. The standard InChI is InChI=1S/C20H16ClFN4O4/c21-13-1-5-15(6-2-13)26-10-12(9-18(26)28)19-24-25-20(30-19)23-17(27)11-29-16-7-3-14(22)4-8-16/h1-8,12H,9-11H2,(H,23,25,27). The zero-order chi connectivity index (χ0) is 21.1. The van der Waals surface area contributed by atoms with Crippen LogP contribution >= 0.6 is 11.6 Å². The lowest BCUT2D eigenvalue weighted by molar-refractivity contribution is -0.118. The van der Waals surface area contributed by atoms with Gasteiger partial charge < -0.3 is 14.1 Å². The van der Waals surface area contributed by atoms with Gasteiger partial charge >= 0.3 is 6.01 Å².